The quantitative estimate of drug-likeness (QED) is 0.527. The summed E-state index contributed by atoms with van der Waals surface area (Å²) in [4.78, 5) is 11.6. The largest absolute Gasteiger partial charge is 0.356 e. The van der Waals surface area contributed by atoms with Crippen molar-refractivity contribution in [2.24, 2.45) is 10.9 Å². The van der Waals surface area contributed by atoms with Crippen LogP contribution in [0.4, 0.5) is 0 Å². The highest BCUT2D eigenvalue weighted by atomic mass is 35.5. The summed E-state index contributed by atoms with van der Waals surface area (Å²) >= 11 is 7.83. The van der Waals surface area contributed by atoms with Crippen molar-refractivity contribution in [3.05, 3.63) is 50.9 Å². The van der Waals surface area contributed by atoms with Gasteiger partial charge in [-0.05, 0) is 56.0 Å². The molecule has 152 valence electrons. The van der Waals surface area contributed by atoms with Crippen molar-refractivity contribution in [1.82, 2.24) is 20.5 Å². The van der Waals surface area contributed by atoms with Gasteiger partial charge in [0, 0.05) is 37.1 Å². The van der Waals surface area contributed by atoms with Gasteiger partial charge >= 0.3 is 0 Å². The van der Waals surface area contributed by atoms with Gasteiger partial charge in [-0.3, -0.25) is 9.89 Å². The Morgan fingerprint density at radius 2 is 2.14 bits per heavy atom. The van der Waals surface area contributed by atoms with Gasteiger partial charge in [0.1, 0.15) is 0 Å². The summed E-state index contributed by atoms with van der Waals surface area (Å²) in [6, 6.07) is 7.90. The molecule has 1 fully saturated rings. The van der Waals surface area contributed by atoms with Gasteiger partial charge in [-0.25, -0.2) is 4.98 Å². The molecule has 1 aliphatic heterocycles. The van der Waals surface area contributed by atoms with Crippen LogP contribution in [0.15, 0.2) is 34.6 Å². The predicted octanol–water partition coefficient (Wildman–Crippen LogP) is 3.94. The van der Waals surface area contributed by atoms with Crippen LogP contribution >= 0.6 is 22.9 Å². The molecule has 0 unspecified atom stereocenters. The van der Waals surface area contributed by atoms with E-state index in [9.17, 15) is 0 Å². The highest BCUT2D eigenvalue weighted by molar-refractivity contribution is 7.09. The molecule has 7 heteroatoms. The molecule has 1 aromatic heterocycles. The molecule has 0 saturated carbocycles. The Bertz CT molecular complexity index is 768. The zero-order chi connectivity index (χ0) is 19.8. The van der Waals surface area contributed by atoms with Crippen molar-refractivity contribution in [2.75, 3.05) is 26.7 Å². The van der Waals surface area contributed by atoms with Crippen LogP contribution in [0.2, 0.25) is 5.02 Å². The molecule has 0 radical (unpaired) electrons. The number of hydrogen-bond donors (Lipinski definition) is 2. The number of aryl methyl sites for hydroxylation is 1. The maximum Gasteiger partial charge on any atom is 0.191 e. The van der Waals surface area contributed by atoms with Crippen molar-refractivity contribution < 1.29 is 0 Å². The topological polar surface area (TPSA) is 52.6 Å². The first kappa shape index (κ1) is 21.1. The Labute approximate surface area is 177 Å². The summed E-state index contributed by atoms with van der Waals surface area (Å²) < 4.78 is 0. The average Bonchev–Trinajstić information content (AvgIpc) is 3.17. The van der Waals surface area contributed by atoms with Gasteiger partial charge in [0.25, 0.3) is 0 Å². The fourth-order valence-corrected chi connectivity index (χ4v) is 4.40. The van der Waals surface area contributed by atoms with E-state index in [1.54, 1.807) is 11.3 Å². The Morgan fingerprint density at radius 3 is 2.82 bits per heavy atom. The van der Waals surface area contributed by atoms with Gasteiger partial charge in [-0.1, -0.05) is 30.7 Å². The molecule has 3 rings (SSSR count). The molecule has 1 aromatic carbocycles. The molecule has 2 N–H and O–H groups in total. The Balaban J connectivity index is 1.36. The first-order chi connectivity index (χ1) is 13.7. The Morgan fingerprint density at radius 1 is 1.32 bits per heavy atom. The van der Waals surface area contributed by atoms with Gasteiger partial charge in [0.2, 0.25) is 0 Å². The van der Waals surface area contributed by atoms with E-state index in [-0.39, 0.29) is 0 Å². The van der Waals surface area contributed by atoms with Crippen molar-refractivity contribution in [1.29, 1.82) is 0 Å². The lowest BCUT2D eigenvalue weighted by molar-refractivity contribution is 0.176. The minimum Gasteiger partial charge on any atom is -0.356 e. The highest BCUT2D eigenvalue weighted by Crippen LogP contribution is 2.19. The second-order valence-electron chi connectivity index (χ2n) is 7.24. The standard InChI is InChI=1S/C21H30ClN5S/c1-3-20-26-19(15-28-20)14-27-9-7-16(8-10-27)12-24-21(23-2)25-13-17-5-4-6-18(22)11-17/h4-6,11,15-16H,3,7-10,12-14H2,1-2H3,(H2,23,24,25). The molecule has 1 aliphatic rings. The third-order valence-electron chi connectivity index (χ3n) is 5.13. The van der Waals surface area contributed by atoms with Gasteiger partial charge < -0.3 is 10.6 Å². The van der Waals surface area contributed by atoms with Crippen LogP contribution in [0.5, 0.6) is 0 Å². The molecule has 0 bridgehead atoms. The molecular weight excluding hydrogens is 390 g/mol. The molecule has 5 nitrogen and oxygen atoms in total. The zero-order valence-electron chi connectivity index (χ0n) is 16.7. The molecule has 2 heterocycles. The maximum absolute atomic E-state index is 6.05. The van der Waals surface area contributed by atoms with Crippen LogP contribution in [-0.4, -0.2) is 42.5 Å². The van der Waals surface area contributed by atoms with Gasteiger partial charge in [-0.15, -0.1) is 11.3 Å². The number of aliphatic imine (C=N–C) groups is 1. The van der Waals surface area contributed by atoms with Gasteiger partial charge in [-0.2, -0.15) is 0 Å². The molecular formula is C21H30ClN5S. The second-order valence-corrected chi connectivity index (χ2v) is 8.62. The van der Waals surface area contributed by atoms with Crippen LogP contribution in [0.25, 0.3) is 0 Å². The molecule has 28 heavy (non-hydrogen) atoms. The van der Waals surface area contributed by atoms with Crippen LogP contribution < -0.4 is 10.6 Å². The monoisotopic (exact) mass is 419 g/mol. The molecule has 0 spiro atoms. The van der Waals surface area contributed by atoms with E-state index in [0.29, 0.717) is 12.5 Å². The van der Waals surface area contributed by atoms with E-state index in [4.69, 9.17) is 16.6 Å². The lowest BCUT2D eigenvalue weighted by atomic mass is 9.97. The van der Waals surface area contributed by atoms with E-state index in [1.165, 1.54) is 23.5 Å². The molecule has 0 atom stereocenters. The number of benzene rings is 1. The van der Waals surface area contributed by atoms with Crippen molar-refractivity contribution >= 4 is 28.9 Å². The summed E-state index contributed by atoms with van der Waals surface area (Å²) in [6.07, 6.45) is 3.46. The first-order valence-corrected chi connectivity index (χ1v) is 11.3. The van der Waals surface area contributed by atoms with Crippen LogP contribution in [0.1, 0.15) is 36.0 Å². The summed E-state index contributed by atoms with van der Waals surface area (Å²) in [5, 5.41) is 11.1. The Kier molecular flexibility index (Phi) is 8.13. The van der Waals surface area contributed by atoms with Crippen LogP contribution in [0, 0.1) is 5.92 Å². The number of likely N-dealkylation sites (tertiary alicyclic amines) is 1. The smallest absolute Gasteiger partial charge is 0.191 e. The lowest BCUT2D eigenvalue weighted by Crippen LogP contribution is -2.42. The first-order valence-electron chi connectivity index (χ1n) is 10.0. The zero-order valence-corrected chi connectivity index (χ0v) is 18.3. The average molecular weight is 420 g/mol. The number of halogens is 1. The minimum atomic E-state index is 0.683. The minimum absolute atomic E-state index is 0.683. The van der Waals surface area contributed by atoms with E-state index in [2.05, 4.69) is 38.9 Å². The summed E-state index contributed by atoms with van der Waals surface area (Å²) in [5.74, 6) is 1.53. The lowest BCUT2D eigenvalue weighted by Gasteiger charge is -2.31. The second kappa shape index (κ2) is 10.8. The summed E-state index contributed by atoms with van der Waals surface area (Å²) in [7, 11) is 1.81. The third-order valence-corrected chi connectivity index (χ3v) is 6.40. The van der Waals surface area contributed by atoms with E-state index >= 15 is 0 Å². The van der Waals surface area contributed by atoms with Crippen molar-refractivity contribution in [3.8, 4) is 0 Å². The number of nitrogens with zero attached hydrogens (tertiary/aromatic N) is 3. The van der Waals surface area contributed by atoms with E-state index in [1.807, 2.05) is 25.2 Å². The summed E-state index contributed by atoms with van der Waals surface area (Å²) in [5.41, 5.74) is 2.38. The SMILES string of the molecule is CCc1nc(CN2CCC(CNC(=NC)NCc3cccc(Cl)c3)CC2)cs1. The van der Waals surface area contributed by atoms with E-state index < -0.39 is 0 Å². The fourth-order valence-electron chi connectivity index (χ4n) is 3.46. The third kappa shape index (κ3) is 6.47. The number of hydrogen-bond acceptors (Lipinski definition) is 4. The molecule has 0 aliphatic carbocycles. The maximum atomic E-state index is 6.05. The Hall–Kier alpha value is -1.63. The number of aromatic nitrogens is 1. The molecule has 2 aromatic rings. The van der Waals surface area contributed by atoms with Gasteiger partial charge in [0.05, 0.1) is 10.7 Å². The van der Waals surface area contributed by atoms with Crippen molar-refractivity contribution in [2.45, 2.75) is 39.3 Å². The number of piperidine rings is 1. The predicted molar refractivity (Wildman–Crippen MR) is 119 cm³/mol. The number of nitrogens with one attached hydrogen (secondary N) is 2. The summed E-state index contributed by atoms with van der Waals surface area (Å²) in [6.45, 7) is 7.10. The number of guanidine groups is 1. The molecule has 1 saturated heterocycles. The van der Waals surface area contributed by atoms with Gasteiger partial charge in [0.15, 0.2) is 5.96 Å². The highest BCUT2D eigenvalue weighted by Gasteiger charge is 2.20. The fraction of sp³-hybridized carbons (Fsp3) is 0.524. The van der Waals surface area contributed by atoms with Crippen molar-refractivity contribution in [3.63, 3.8) is 0 Å². The normalized spacial score (nSPS) is 16.3. The van der Waals surface area contributed by atoms with Crippen LogP contribution in [0.3, 0.4) is 0 Å². The number of rotatable bonds is 7. The van der Waals surface area contributed by atoms with Crippen LogP contribution in [-0.2, 0) is 19.5 Å². The van der Waals surface area contributed by atoms with E-state index in [0.717, 1.165) is 49.1 Å². The number of thiazole rings is 1. The molecule has 0 amide bonds.